The van der Waals surface area contributed by atoms with Crippen molar-refractivity contribution in [3.8, 4) is 0 Å². The lowest BCUT2D eigenvalue weighted by Crippen LogP contribution is -2.45. The fraction of sp³-hybridized carbons (Fsp3) is 0.692. The number of alkyl carbamates (subject to hydrolysis) is 1. The Kier molecular flexibility index (Phi) is 8.01. The molecule has 0 bridgehead atoms. The molecule has 2 fully saturated rings. The summed E-state index contributed by atoms with van der Waals surface area (Å²) in [7, 11) is 0. The fourth-order valence-corrected chi connectivity index (χ4v) is 5.47. The van der Waals surface area contributed by atoms with Crippen LogP contribution < -0.4 is 5.32 Å². The number of cyclic esters (lactones) is 1. The van der Waals surface area contributed by atoms with Crippen LogP contribution in [-0.2, 0) is 20.7 Å². The van der Waals surface area contributed by atoms with Gasteiger partial charge in [-0.2, -0.15) is 0 Å². The molecule has 1 heterocycles. The third-order valence-electron chi connectivity index (χ3n) is 6.72. The van der Waals surface area contributed by atoms with E-state index in [2.05, 4.69) is 42.6 Å². The highest BCUT2D eigenvalue weighted by Gasteiger charge is 2.39. The molecule has 3 rings (SSSR count). The smallest absolute Gasteiger partial charge is 0.408 e. The van der Waals surface area contributed by atoms with Crippen molar-refractivity contribution in [2.24, 2.45) is 17.8 Å². The lowest BCUT2D eigenvalue weighted by atomic mass is 9.73. The molecule has 4 atom stereocenters. The number of nitrogens with one attached hydrogen (secondary N) is 1. The predicted octanol–water partition coefficient (Wildman–Crippen LogP) is 5.66. The number of benzene rings is 1. The molecule has 1 aliphatic heterocycles. The number of hydrogen-bond donors (Lipinski definition) is 1. The van der Waals surface area contributed by atoms with E-state index in [-0.39, 0.29) is 12.1 Å². The van der Waals surface area contributed by atoms with Crippen LogP contribution in [-0.4, -0.2) is 29.8 Å². The average Bonchev–Trinajstić information content (AvgIpc) is 3.21. The van der Waals surface area contributed by atoms with E-state index in [1.165, 1.54) is 31.2 Å². The van der Waals surface area contributed by atoms with Crippen molar-refractivity contribution in [2.75, 3.05) is 0 Å². The number of esters is 1. The van der Waals surface area contributed by atoms with E-state index >= 15 is 0 Å². The van der Waals surface area contributed by atoms with Gasteiger partial charge in [-0.3, -0.25) is 0 Å². The van der Waals surface area contributed by atoms with Gasteiger partial charge in [0, 0.05) is 5.92 Å². The fourth-order valence-electron chi connectivity index (χ4n) is 5.47. The largest absolute Gasteiger partial charge is 0.461 e. The quantitative estimate of drug-likeness (QED) is 0.627. The molecule has 0 spiro atoms. The molecule has 1 aromatic carbocycles. The lowest BCUT2D eigenvalue weighted by molar-refractivity contribution is -0.155. The van der Waals surface area contributed by atoms with Gasteiger partial charge in [-0.05, 0) is 64.4 Å². The number of rotatable bonds is 4. The molecule has 1 aliphatic carbocycles. The van der Waals surface area contributed by atoms with E-state index in [0.29, 0.717) is 24.2 Å². The first-order valence-corrected chi connectivity index (χ1v) is 12.0. The SMILES string of the molecule is C[C@@H]1OC(=O)[C@@H](NC(=O)OC(C)(C)C)CCC[C@H](Cc2ccccc2)[C@H]1C1CCCC1. The first kappa shape index (κ1) is 23.6. The maximum atomic E-state index is 13.0. The van der Waals surface area contributed by atoms with Gasteiger partial charge in [0.25, 0.3) is 0 Å². The zero-order valence-electron chi connectivity index (χ0n) is 19.6. The summed E-state index contributed by atoms with van der Waals surface area (Å²) < 4.78 is 11.4. The Labute approximate surface area is 187 Å². The van der Waals surface area contributed by atoms with E-state index < -0.39 is 17.7 Å². The number of ether oxygens (including phenoxy) is 2. The molecule has 1 N–H and O–H groups in total. The molecule has 31 heavy (non-hydrogen) atoms. The molecule has 0 unspecified atom stereocenters. The van der Waals surface area contributed by atoms with Crippen LogP contribution in [0.4, 0.5) is 4.79 Å². The number of hydrogen-bond acceptors (Lipinski definition) is 4. The van der Waals surface area contributed by atoms with Crippen molar-refractivity contribution in [1.29, 1.82) is 0 Å². The first-order valence-electron chi connectivity index (χ1n) is 12.0. The standard InChI is InChI=1S/C26H39NO4/c1-18-23(20-13-8-9-14-20)21(17-19-11-6-5-7-12-19)15-10-16-22(24(28)30-18)27-25(29)31-26(2,3)4/h5-7,11-12,18,20-23H,8-10,13-17H2,1-4H3,(H,27,29)/t18-,21+,22-,23+/m0/s1. The first-order chi connectivity index (χ1) is 14.7. The van der Waals surface area contributed by atoms with Crippen molar-refractivity contribution in [1.82, 2.24) is 5.32 Å². The van der Waals surface area contributed by atoms with Crippen molar-refractivity contribution in [3.05, 3.63) is 35.9 Å². The minimum Gasteiger partial charge on any atom is -0.461 e. The summed E-state index contributed by atoms with van der Waals surface area (Å²) in [5, 5.41) is 2.75. The third-order valence-corrected chi connectivity index (χ3v) is 6.72. The Morgan fingerprint density at radius 2 is 1.74 bits per heavy atom. The summed E-state index contributed by atoms with van der Waals surface area (Å²) in [5.74, 6) is 1.09. The summed E-state index contributed by atoms with van der Waals surface area (Å²) in [5.41, 5.74) is 0.741. The molecular weight excluding hydrogens is 390 g/mol. The minimum atomic E-state index is -0.656. The summed E-state index contributed by atoms with van der Waals surface area (Å²) >= 11 is 0. The highest BCUT2D eigenvalue weighted by Crippen LogP contribution is 2.41. The van der Waals surface area contributed by atoms with Gasteiger partial charge >= 0.3 is 12.1 Å². The molecule has 1 aromatic rings. The zero-order chi connectivity index (χ0) is 22.4. The predicted molar refractivity (Wildman–Crippen MR) is 122 cm³/mol. The highest BCUT2D eigenvalue weighted by molar-refractivity contribution is 5.81. The molecule has 2 aliphatic rings. The second-order valence-corrected chi connectivity index (χ2v) is 10.3. The van der Waals surface area contributed by atoms with Gasteiger partial charge in [-0.1, -0.05) is 62.4 Å². The summed E-state index contributed by atoms with van der Waals surface area (Å²) in [6.45, 7) is 7.50. The van der Waals surface area contributed by atoms with Crippen molar-refractivity contribution < 1.29 is 19.1 Å². The monoisotopic (exact) mass is 429 g/mol. The van der Waals surface area contributed by atoms with Crippen LogP contribution in [0.5, 0.6) is 0 Å². The van der Waals surface area contributed by atoms with Crippen LogP contribution in [0, 0.1) is 17.8 Å². The molecule has 172 valence electrons. The van der Waals surface area contributed by atoms with Crippen LogP contribution in [0.25, 0.3) is 0 Å². The third kappa shape index (κ3) is 6.98. The molecule has 0 radical (unpaired) electrons. The maximum absolute atomic E-state index is 13.0. The Bertz CT molecular complexity index is 721. The highest BCUT2D eigenvalue weighted by atomic mass is 16.6. The molecular formula is C26H39NO4. The molecule has 1 saturated carbocycles. The maximum Gasteiger partial charge on any atom is 0.408 e. The Hall–Kier alpha value is -2.04. The molecule has 5 heteroatoms. The zero-order valence-corrected chi connectivity index (χ0v) is 19.6. The number of amides is 1. The summed E-state index contributed by atoms with van der Waals surface area (Å²) in [6, 6.07) is 9.98. The van der Waals surface area contributed by atoms with Gasteiger partial charge < -0.3 is 14.8 Å². The number of carbonyl (C=O) groups is 2. The van der Waals surface area contributed by atoms with Crippen LogP contribution in [0.1, 0.15) is 78.2 Å². The van der Waals surface area contributed by atoms with Gasteiger partial charge in [-0.15, -0.1) is 0 Å². The second-order valence-electron chi connectivity index (χ2n) is 10.3. The van der Waals surface area contributed by atoms with Crippen LogP contribution >= 0.6 is 0 Å². The normalized spacial score (nSPS) is 28.2. The topological polar surface area (TPSA) is 64.6 Å². The van der Waals surface area contributed by atoms with E-state index in [9.17, 15) is 9.59 Å². The molecule has 5 nitrogen and oxygen atoms in total. The molecule has 1 amide bonds. The lowest BCUT2D eigenvalue weighted by Gasteiger charge is -2.35. The van der Waals surface area contributed by atoms with Gasteiger partial charge in [0.1, 0.15) is 17.7 Å². The van der Waals surface area contributed by atoms with Gasteiger partial charge in [0.15, 0.2) is 0 Å². The van der Waals surface area contributed by atoms with Crippen LogP contribution in [0.3, 0.4) is 0 Å². The van der Waals surface area contributed by atoms with E-state index in [1.54, 1.807) is 0 Å². The van der Waals surface area contributed by atoms with E-state index in [4.69, 9.17) is 9.47 Å². The second kappa shape index (κ2) is 10.5. The van der Waals surface area contributed by atoms with Gasteiger partial charge in [-0.25, -0.2) is 9.59 Å². The van der Waals surface area contributed by atoms with E-state index in [0.717, 1.165) is 19.3 Å². The van der Waals surface area contributed by atoms with Crippen LogP contribution in [0.2, 0.25) is 0 Å². The number of carbonyl (C=O) groups excluding carboxylic acids is 2. The molecule has 0 aromatic heterocycles. The average molecular weight is 430 g/mol. The Morgan fingerprint density at radius 3 is 2.39 bits per heavy atom. The van der Waals surface area contributed by atoms with E-state index in [1.807, 2.05) is 20.8 Å². The minimum absolute atomic E-state index is 0.162. The van der Waals surface area contributed by atoms with Gasteiger partial charge in [0.2, 0.25) is 0 Å². The van der Waals surface area contributed by atoms with Crippen LogP contribution in [0.15, 0.2) is 30.3 Å². The Balaban J connectivity index is 1.76. The Morgan fingerprint density at radius 1 is 1.06 bits per heavy atom. The summed E-state index contributed by atoms with van der Waals surface area (Å²) in [4.78, 5) is 25.2. The summed E-state index contributed by atoms with van der Waals surface area (Å²) in [6.07, 6.45) is 7.74. The van der Waals surface area contributed by atoms with Crippen molar-refractivity contribution in [2.45, 2.75) is 96.8 Å². The molecule has 1 saturated heterocycles. The van der Waals surface area contributed by atoms with Gasteiger partial charge in [0.05, 0.1) is 0 Å². The van der Waals surface area contributed by atoms with Crippen molar-refractivity contribution >= 4 is 12.1 Å². The van der Waals surface area contributed by atoms with Crippen molar-refractivity contribution in [3.63, 3.8) is 0 Å².